The Hall–Kier alpha value is -4.32. The Bertz CT molecular complexity index is 1450. The summed E-state index contributed by atoms with van der Waals surface area (Å²) in [4.78, 5) is 35.9. The Morgan fingerprint density at radius 1 is 0.838 bits per heavy atom. The standard InChI is InChI=1S/C31H29N3O3/c35-29(36)14-8-7-13-27-30(24-11-5-2-6-12-24)33-26-16-15-25(21-28(26)32-27)31(37)34-19-17-23(18-20-34)22-9-3-1-4-10-22/h1-6,9-12,15-17,21H,7-8,13-14,18-20H2,(H,35,36). The molecule has 0 saturated carbocycles. The highest BCUT2D eigenvalue weighted by atomic mass is 16.4. The first-order valence-electron chi connectivity index (χ1n) is 12.7. The summed E-state index contributed by atoms with van der Waals surface area (Å²) >= 11 is 0. The minimum absolute atomic E-state index is 0.0118. The van der Waals surface area contributed by atoms with Gasteiger partial charge >= 0.3 is 5.97 Å². The third-order valence-electron chi connectivity index (χ3n) is 6.73. The molecular weight excluding hydrogens is 462 g/mol. The van der Waals surface area contributed by atoms with Crippen molar-refractivity contribution in [2.75, 3.05) is 13.1 Å². The lowest BCUT2D eigenvalue weighted by Crippen LogP contribution is -2.34. The van der Waals surface area contributed by atoms with Gasteiger partial charge in [0.1, 0.15) is 0 Å². The van der Waals surface area contributed by atoms with Gasteiger partial charge < -0.3 is 10.0 Å². The summed E-state index contributed by atoms with van der Waals surface area (Å²) in [6.07, 6.45) is 5.00. The zero-order chi connectivity index (χ0) is 25.6. The molecule has 0 spiro atoms. The number of fused-ring (bicyclic) bond motifs is 1. The second kappa shape index (κ2) is 11.2. The number of carbonyl (C=O) groups is 2. The van der Waals surface area contributed by atoms with Crippen LogP contribution in [0.25, 0.3) is 27.9 Å². The molecule has 4 aromatic rings. The second-order valence-electron chi connectivity index (χ2n) is 9.29. The lowest BCUT2D eigenvalue weighted by atomic mass is 9.99. The van der Waals surface area contributed by atoms with Crippen LogP contribution < -0.4 is 0 Å². The van der Waals surface area contributed by atoms with Gasteiger partial charge in [0.2, 0.25) is 0 Å². The number of amides is 1. The number of rotatable bonds is 8. The molecule has 1 N–H and O–H groups in total. The molecule has 2 heterocycles. The van der Waals surface area contributed by atoms with Gasteiger partial charge in [0, 0.05) is 30.6 Å². The van der Waals surface area contributed by atoms with Gasteiger partial charge in [0.25, 0.3) is 5.91 Å². The fourth-order valence-corrected chi connectivity index (χ4v) is 4.74. The molecule has 6 heteroatoms. The first-order chi connectivity index (χ1) is 18.1. The molecule has 6 nitrogen and oxygen atoms in total. The maximum absolute atomic E-state index is 13.3. The number of hydrogen-bond donors (Lipinski definition) is 1. The topological polar surface area (TPSA) is 83.4 Å². The monoisotopic (exact) mass is 491 g/mol. The molecule has 0 saturated heterocycles. The largest absolute Gasteiger partial charge is 0.481 e. The van der Waals surface area contributed by atoms with E-state index in [9.17, 15) is 9.59 Å². The smallest absolute Gasteiger partial charge is 0.303 e. The first kappa shape index (κ1) is 24.4. The highest BCUT2D eigenvalue weighted by Gasteiger charge is 2.20. The summed E-state index contributed by atoms with van der Waals surface area (Å²) < 4.78 is 0. The third-order valence-corrected chi connectivity index (χ3v) is 6.73. The van der Waals surface area contributed by atoms with E-state index in [1.807, 2.05) is 71.6 Å². The van der Waals surface area contributed by atoms with Crippen molar-refractivity contribution in [3.05, 3.63) is 102 Å². The molecule has 0 unspecified atom stereocenters. The maximum atomic E-state index is 13.3. The number of unbranched alkanes of at least 4 members (excludes halogenated alkanes) is 1. The quantitative estimate of drug-likeness (QED) is 0.305. The molecule has 186 valence electrons. The predicted octanol–water partition coefficient (Wildman–Crippen LogP) is 6.02. The van der Waals surface area contributed by atoms with E-state index in [2.05, 4.69) is 18.2 Å². The van der Waals surface area contributed by atoms with Gasteiger partial charge in [-0.25, -0.2) is 9.97 Å². The van der Waals surface area contributed by atoms with Crippen LogP contribution >= 0.6 is 0 Å². The van der Waals surface area contributed by atoms with E-state index in [0.717, 1.165) is 28.9 Å². The summed E-state index contributed by atoms with van der Waals surface area (Å²) in [6, 6.07) is 25.7. The van der Waals surface area contributed by atoms with Gasteiger partial charge in [0.05, 0.1) is 22.4 Å². The summed E-state index contributed by atoms with van der Waals surface area (Å²) in [5.74, 6) is -0.804. The highest BCUT2D eigenvalue weighted by Crippen LogP contribution is 2.27. The number of benzene rings is 3. The number of carboxylic acids is 1. The maximum Gasteiger partial charge on any atom is 0.303 e. The van der Waals surface area contributed by atoms with Crippen molar-refractivity contribution in [3.63, 3.8) is 0 Å². The van der Waals surface area contributed by atoms with Crippen molar-refractivity contribution in [2.45, 2.75) is 32.1 Å². The minimum atomic E-state index is -0.792. The van der Waals surface area contributed by atoms with Crippen LogP contribution in [0.15, 0.2) is 84.9 Å². The number of carbonyl (C=O) groups excluding carboxylic acids is 1. The van der Waals surface area contributed by atoms with Gasteiger partial charge in [-0.15, -0.1) is 0 Å². The molecule has 0 bridgehead atoms. The molecular formula is C31H29N3O3. The lowest BCUT2D eigenvalue weighted by molar-refractivity contribution is -0.137. The first-order valence-corrected chi connectivity index (χ1v) is 12.7. The third kappa shape index (κ3) is 5.75. The lowest BCUT2D eigenvalue weighted by Gasteiger charge is -2.27. The van der Waals surface area contributed by atoms with Crippen LogP contribution in [-0.4, -0.2) is 44.9 Å². The Morgan fingerprint density at radius 3 is 2.24 bits per heavy atom. The molecule has 5 rings (SSSR count). The Morgan fingerprint density at radius 2 is 1.57 bits per heavy atom. The average Bonchev–Trinajstić information content (AvgIpc) is 2.95. The van der Waals surface area contributed by atoms with Crippen molar-refractivity contribution in [2.24, 2.45) is 0 Å². The summed E-state index contributed by atoms with van der Waals surface area (Å²) in [5.41, 5.74) is 7.09. The molecule has 0 atom stereocenters. The Kier molecular flexibility index (Phi) is 7.36. The van der Waals surface area contributed by atoms with Crippen LogP contribution in [0.2, 0.25) is 0 Å². The number of aromatic nitrogens is 2. The summed E-state index contributed by atoms with van der Waals surface area (Å²) in [7, 11) is 0. The van der Waals surface area contributed by atoms with Crippen molar-refractivity contribution >= 4 is 28.5 Å². The minimum Gasteiger partial charge on any atom is -0.481 e. The summed E-state index contributed by atoms with van der Waals surface area (Å²) in [6.45, 7) is 1.25. The van der Waals surface area contributed by atoms with E-state index in [1.165, 1.54) is 11.1 Å². The zero-order valence-corrected chi connectivity index (χ0v) is 20.6. The fourth-order valence-electron chi connectivity index (χ4n) is 4.74. The summed E-state index contributed by atoms with van der Waals surface area (Å²) in [5, 5.41) is 8.98. The van der Waals surface area contributed by atoms with Crippen molar-refractivity contribution in [3.8, 4) is 11.3 Å². The van der Waals surface area contributed by atoms with Crippen LogP contribution in [-0.2, 0) is 11.2 Å². The Labute approximate surface area is 216 Å². The van der Waals surface area contributed by atoms with Gasteiger partial charge in [-0.3, -0.25) is 9.59 Å². The number of nitrogens with zero attached hydrogens (tertiary/aromatic N) is 3. The molecule has 3 aromatic carbocycles. The molecule has 0 radical (unpaired) electrons. The Balaban J connectivity index is 1.39. The molecule has 1 aliphatic heterocycles. The van der Waals surface area contributed by atoms with Crippen LogP contribution in [0.1, 0.15) is 47.3 Å². The zero-order valence-electron chi connectivity index (χ0n) is 20.6. The van der Waals surface area contributed by atoms with E-state index >= 15 is 0 Å². The van der Waals surface area contributed by atoms with Gasteiger partial charge in [-0.2, -0.15) is 0 Å². The van der Waals surface area contributed by atoms with E-state index in [1.54, 1.807) is 0 Å². The number of carboxylic acid groups (broad SMARTS) is 1. The SMILES string of the molecule is O=C(O)CCCCc1nc2cc(C(=O)N3CC=C(c4ccccc4)CC3)ccc2nc1-c1ccccc1. The van der Waals surface area contributed by atoms with Crippen molar-refractivity contribution in [1.82, 2.24) is 14.9 Å². The average molecular weight is 492 g/mol. The molecule has 0 aliphatic carbocycles. The van der Waals surface area contributed by atoms with Crippen LogP contribution in [0.4, 0.5) is 0 Å². The normalized spacial score (nSPS) is 13.4. The van der Waals surface area contributed by atoms with Crippen LogP contribution in [0.3, 0.4) is 0 Å². The van der Waals surface area contributed by atoms with Crippen molar-refractivity contribution < 1.29 is 14.7 Å². The molecule has 37 heavy (non-hydrogen) atoms. The molecule has 1 amide bonds. The molecule has 1 aromatic heterocycles. The second-order valence-corrected chi connectivity index (χ2v) is 9.29. The van der Waals surface area contributed by atoms with Crippen LogP contribution in [0, 0.1) is 0 Å². The van der Waals surface area contributed by atoms with Crippen LogP contribution in [0.5, 0.6) is 0 Å². The van der Waals surface area contributed by atoms with Gasteiger partial charge in [0.15, 0.2) is 0 Å². The molecule has 0 fully saturated rings. The van der Waals surface area contributed by atoms with Gasteiger partial charge in [-0.1, -0.05) is 66.7 Å². The predicted molar refractivity (Wildman–Crippen MR) is 145 cm³/mol. The van der Waals surface area contributed by atoms with E-state index in [0.29, 0.717) is 43.4 Å². The van der Waals surface area contributed by atoms with E-state index in [4.69, 9.17) is 15.1 Å². The number of aliphatic carboxylic acids is 1. The fraction of sp³-hybridized carbons (Fsp3) is 0.226. The molecule has 1 aliphatic rings. The van der Waals surface area contributed by atoms with Crippen molar-refractivity contribution in [1.29, 1.82) is 0 Å². The van der Waals surface area contributed by atoms with E-state index < -0.39 is 5.97 Å². The number of hydrogen-bond acceptors (Lipinski definition) is 4. The van der Waals surface area contributed by atoms with Gasteiger partial charge in [-0.05, 0) is 55.0 Å². The highest BCUT2D eigenvalue weighted by molar-refractivity contribution is 5.98. The van der Waals surface area contributed by atoms with E-state index in [-0.39, 0.29) is 12.3 Å². The number of aryl methyl sites for hydroxylation is 1.